The Kier molecular flexibility index (Phi) is 5.06. The van der Waals surface area contributed by atoms with E-state index in [1.807, 2.05) is 0 Å². The van der Waals surface area contributed by atoms with Crippen LogP contribution in [0.4, 0.5) is 0 Å². The van der Waals surface area contributed by atoms with Crippen LogP contribution < -0.4 is 5.32 Å². The zero-order valence-electron chi connectivity index (χ0n) is 12.8. The Morgan fingerprint density at radius 1 is 1.47 bits per heavy atom. The number of likely N-dealkylation sites (tertiary alicyclic amines) is 1. The van der Waals surface area contributed by atoms with Gasteiger partial charge >= 0.3 is 0 Å². The van der Waals surface area contributed by atoms with E-state index < -0.39 is 0 Å². The molecule has 0 saturated carbocycles. The zero-order chi connectivity index (χ0) is 13.8. The third kappa shape index (κ3) is 3.83. The van der Waals surface area contributed by atoms with Gasteiger partial charge in [0.1, 0.15) is 11.5 Å². The summed E-state index contributed by atoms with van der Waals surface area (Å²) < 4.78 is 5.81. The molecule has 0 aliphatic carbocycles. The van der Waals surface area contributed by atoms with Crippen molar-refractivity contribution in [2.45, 2.75) is 47.2 Å². The lowest BCUT2D eigenvalue weighted by Gasteiger charge is -2.17. The molecule has 1 aliphatic heterocycles. The van der Waals surface area contributed by atoms with E-state index in [-0.39, 0.29) is 0 Å². The van der Waals surface area contributed by atoms with Crippen LogP contribution in [0.3, 0.4) is 0 Å². The smallest absolute Gasteiger partial charge is 0.118 e. The number of rotatable bonds is 6. The average Bonchev–Trinajstić information content (AvgIpc) is 2.95. The first-order chi connectivity index (χ1) is 9.10. The van der Waals surface area contributed by atoms with E-state index >= 15 is 0 Å². The molecule has 108 valence electrons. The highest BCUT2D eigenvalue weighted by atomic mass is 16.3. The fourth-order valence-electron chi connectivity index (χ4n) is 2.87. The van der Waals surface area contributed by atoms with Gasteiger partial charge in [-0.3, -0.25) is 4.90 Å². The molecule has 1 aromatic heterocycles. The van der Waals surface area contributed by atoms with E-state index in [4.69, 9.17) is 4.42 Å². The van der Waals surface area contributed by atoms with E-state index in [0.717, 1.165) is 43.0 Å². The van der Waals surface area contributed by atoms with Gasteiger partial charge in [-0.25, -0.2) is 0 Å². The topological polar surface area (TPSA) is 28.4 Å². The first-order valence-electron chi connectivity index (χ1n) is 7.61. The van der Waals surface area contributed by atoms with Gasteiger partial charge in [-0.2, -0.15) is 0 Å². The van der Waals surface area contributed by atoms with Gasteiger partial charge in [0.25, 0.3) is 0 Å². The largest absolute Gasteiger partial charge is 0.465 e. The van der Waals surface area contributed by atoms with Crippen molar-refractivity contribution < 1.29 is 4.42 Å². The van der Waals surface area contributed by atoms with Crippen LogP contribution in [-0.2, 0) is 13.1 Å². The molecule has 3 heteroatoms. The van der Waals surface area contributed by atoms with Gasteiger partial charge in [-0.05, 0) is 44.3 Å². The molecule has 1 atom stereocenters. The Balaban J connectivity index is 1.91. The predicted octanol–water partition coefficient (Wildman–Crippen LogP) is 3.18. The Bertz CT molecular complexity index is 397. The molecular formula is C16H28N2O. The molecule has 1 N–H and O–H groups in total. The number of nitrogens with zero attached hydrogens (tertiary/aromatic N) is 1. The van der Waals surface area contributed by atoms with Crippen molar-refractivity contribution in [3.05, 3.63) is 23.2 Å². The quantitative estimate of drug-likeness (QED) is 0.855. The molecule has 1 saturated heterocycles. The minimum atomic E-state index is 0.805. The van der Waals surface area contributed by atoms with Crippen molar-refractivity contribution in [2.24, 2.45) is 11.8 Å². The number of nitrogens with one attached hydrogen (secondary N) is 1. The van der Waals surface area contributed by atoms with Gasteiger partial charge in [0, 0.05) is 18.7 Å². The van der Waals surface area contributed by atoms with Crippen LogP contribution in [0, 0.1) is 18.8 Å². The molecule has 3 nitrogen and oxygen atoms in total. The third-order valence-corrected chi connectivity index (χ3v) is 4.27. The van der Waals surface area contributed by atoms with Crippen LogP contribution in [0.5, 0.6) is 0 Å². The van der Waals surface area contributed by atoms with E-state index in [9.17, 15) is 0 Å². The maximum Gasteiger partial charge on any atom is 0.118 e. The lowest BCUT2D eigenvalue weighted by atomic mass is 9.95. The minimum Gasteiger partial charge on any atom is -0.465 e. The van der Waals surface area contributed by atoms with Crippen LogP contribution in [0.25, 0.3) is 0 Å². The number of aryl methyl sites for hydroxylation is 1. The van der Waals surface area contributed by atoms with E-state index in [0.29, 0.717) is 0 Å². The van der Waals surface area contributed by atoms with Crippen LogP contribution in [0.2, 0.25) is 0 Å². The first kappa shape index (κ1) is 14.6. The standard InChI is InChI=1S/C16H28N2O/c1-5-17-9-16-8-15(13(4)19-16)11-18-7-6-14(10-18)12(2)3/h8,12,14,17H,5-7,9-11H2,1-4H3. The maximum atomic E-state index is 5.81. The molecule has 2 rings (SSSR count). The minimum absolute atomic E-state index is 0.805. The maximum absolute atomic E-state index is 5.81. The Labute approximate surface area is 117 Å². The molecule has 19 heavy (non-hydrogen) atoms. The first-order valence-corrected chi connectivity index (χ1v) is 7.61. The van der Waals surface area contributed by atoms with E-state index in [1.165, 1.54) is 25.1 Å². The summed E-state index contributed by atoms with van der Waals surface area (Å²) in [6, 6.07) is 2.22. The second-order valence-corrected chi connectivity index (χ2v) is 6.10. The van der Waals surface area contributed by atoms with Crippen molar-refractivity contribution in [1.29, 1.82) is 0 Å². The number of furan rings is 1. The summed E-state index contributed by atoms with van der Waals surface area (Å²) >= 11 is 0. The highest BCUT2D eigenvalue weighted by Crippen LogP contribution is 2.26. The van der Waals surface area contributed by atoms with Crippen molar-refractivity contribution >= 4 is 0 Å². The molecule has 0 amide bonds. The Morgan fingerprint density at radius 3 is 2.89 bits per heavy atom. The number of hydrogen-bond donors (Lipinski definition) is 1. The van der Waals surface area contributed by atoms with E-state index in [1.54, 1.807) is 0 Å². The lowest BCUT2D eigenvalue weighted by Crippen LogP contribution is -2.21. The van der Waals surface area contributed by atoms with Gasteiger partial charge in [0.15, 0.2) is 0 Å². The monoisotopic (exact) mass is 264 g/mol. The molecular weight excluding hydrogens is 236 g/mol. The Morgan fingerprint density at radius 2 is 2.26 bits per heavy atom. The van der Waals surface area contributed by atoms with Gasteiger partial charge < -0.3 is 9.73 Å². The predicted molar refractivity (Wildman–Crippen MR) is 79.0 cm³/mol. The van der Waals surface area contributed by atoms with Gasteiger partial charge in [-0.15, -0.1) is 0 Å². The molecule has 0 aromatic carbocycles. The lowest BCUT2D eigenvalue weighted by molar-refractivity contribution is 0.295. The van der Waals surface area contributed by atoms with Crippen molar-refractivity contribution in [2.75, 3.05) is 19.6 Å². The summed E-state index contributed by atoms with van der Waals surface area (Å²) in [4.78, 5) is 2.57. The van der Waals surface area contributed by atoms with Crippen LogP contribution in [0.15, 0.2) is 10.5 Å². The van der Waals surface area contributed by atoms with Crippen LogP contribution in [-0.4, -0.2) is 24.5 Å². The number of hydrogen-bond acceptors (Lipinski definition) is 3. The third-order valence-electron chi connectivity index (χ3n) is 4.27. The summed E-state index contributed by atoms with van der Waals surface area (Å²) in [6.45, 7) is 14.2. The average molecular weight is 264 g/mol. The van der Waals surface area contributed by atoms with E-state index in [2.05, 4.69) is 44.0 Å². The molecule has 2 heterocycles. The van der Waals surface area contributed by atoms with Crippen molar-refractivity contribution in [1.82, 2.24) is 10.2 Å². The van der Waals surface area contributed by atoms with Gasteiger partial charge in [-0.1, -0.05) is 20.8 Å². The second kappa shape index (κ2) is 6.58. The highest BCUT2D eigenvalue weighted by Gasteiger charge is 2.25. The van der Waals surface area contributed by atoms with Gasteiger partial charge in [0.05, 0.1) is 6.54 Å². The van der Waals surface area contributed by atoms with Crippen LogP contribution >= 0.6 is 0 Å². The van der Waals surface area contributed by atoms with Crippen LogP contribution in [0.1, 0.15) is 44.3 Å². The van der Waals surface area contributed by atoms with Crippen molar-refractivity contribution in [3.8, 4) is 0 Å². The summed E-state index contributed by atoms with van der Waals surface area (Å²) in [5.41, 5.74) is 1.36. The molecule has 1 unspecified atom stereocenters. The fourth-order valence-corrected chi connectivity index (χ4v) is 2.87. The van der Waals surface area contributed by atoms with Crippen molar-refractivity contribution in [3.63, 3.8) is 0 Å². The second-order valence-electron chi connectivity index (χ2n) is 6.10. The molecule has 0 bridgehead atoms. The Hall–Kier alpha value is -0.800. The molecule has 0 spiro atoms. The highest BCUT2D eigenvalue weighted by molar-refractivity contribution is 5.21. The zero-order valence-corrected chi connectivity index (χ0v) is 12.8. The molecule has 1 aliphatic rings. The fraction of sp³-hybridized carbons (Fsp3) is 0.750. The molecule has 1 fully saturated rings. The summed E-state index contributed by atoms with van der Waals surface area (Å²) in [5, 5.41) is 3.31. The molecule has 0 radical (unpaired) electrons. The summed E-state index contributed by atoms with van der Waals surface area (Å²) in [6.07, 6.45) is 1.35. The summed E-state index contributed by atoms with van der Waals surface area (Å²) in [7, 11) is 0. The van der Waals surface area contributed by atoms with Gasteiger partial charge in [0.2, 0.25) is 0 Å². The SMILES string of the molecule is CCNCc1cc(CN2CCC(C(C)C)C2)c(C)o1. The normalized spacial score (nSPS) is 20.6. The molecule has 1 aromatic rings. The summed E-state index contributed by atoms with van der Waals surface area (Å²) in [5.74, 6) is 3.82.